The molecule has 2 aliphatic heterocycles. The van der Waals surface area contributed by atoms with E-state index in [1.165, 1.54) is 25.1 Å². The first kappa shape index (κ1) is 32.2. The second-order valence-electron chi connectivity index (χ2n) is 10.1. The van der Waals surface area contributed by atoms with Gasteiger partial charge in [-0.15, -0.1) is 0 Å². The van der Waals surface area contributed by atoms with E-state index in [-0.39, 0.29) is 51.0 Å². The van der Waals surface area contributed by atoms with Crippen molar-refractivity contribution >= 4 is 33.9 Å². The van der Waals surface area contributed by atoms with Crippen molar-refractivity contribution in [1.82, 2.24) is 0 Å². The van der Waals surface area contributed by atoms with Gasteiger partial charge < -0.3 is 0 Å². The fourth-order valence-electron chi connectivity index (χ4n) is 5.14. The van der Waals surface area contributed by atoms with Crippen LogP contribution in [0.5, 0.6) is 0 Å². The van der Waals surface area contributed by atoms with Crippen molar-refractivity contribution < 1.29 is 39.5 Å². The number of fused-ring (bicyclic) bond motifs is 2. The Morgan fingerprint density at radius 3 is 1.19 bits per heavy atom. The number of allylic oxidation sites excluding steroid dienone is 4. The van der Waals surface area contributed by atoms with Crippen LogP contribution < -0.4 is 0 Å². The molecule has 0 bridgehead atoms. The average molecular weight is 650 g/mol. The molecule has 0 aromatic heterocycles. The van der Waals surface area contributed by atoms with Crippen LogP contribution >= 0.6 is 0 Å². The molecule has 5 rings (SSSR count). The van der Waals surface area contributed by atoms with E-state index in [0.717, 1.165) is 12.1 Å². The Morgan fingerprint density at radius 2 is 0.851 bits per heavy atom. The van der Waals surface area contributed by atoms with E-state index in [1.807, 2.05) is 0 Å². The van der Waals surface area contributed by atoms with Gasteiger partial charge in [-0.2, -0.15) is 60.6 Å². The summed E-state index contributed by atoms with van der Waals surface area (Å²) in [4.78, 5) is 8.53. The average Bonchev–Trinajstić information content (AvgIpc) is 3.54. The van der Waals surface area contributed by atoms with E-state index < -0.39 is 63.2 Å². The lowest BCUT2D eigenvalue weighted by Crippen LogP contribution is -2.14. The minimum atomic E-state index is -5.22. The highest BCUT2D eigenvalue weighted by Crippen LogP contribution is 2.49. The maximum absolute atomic E-state index is 13.7. The van der Waals surface area contributed by atoms with Gasteiger partial charge in [0.2, 0.25) is 0 Å². The lowest BCUT2D eigenvalue weighted by atomic mass is 9.89. The molecular weight excluding hydrogens is 639 g/mol. The van der Waals surface area contributed by atoms with Crippen molar-refractivity contribution in [2.75, 3.05) is 0 Å². The molecule has 0 atom stereocenters. The third-order valence-corrected chi connectivity index (χ3v) is 7.08. The quantitative estimate of drug-likeness (QED) is 0.203. The minimum absolute atomic E-state index is 0.0215. The zero-order valence-electron chi connectivity index (χ0n) is 23.2. The molecule has 0 aliphatic carbocycles. The Hall–Kier alpha value is -6.19. The number of aliphatic imine (C=N–C) groups is 2. The highest BCUT2D eigenvalue weighted by Gasteiger charge is 2.39. The highest BCUT2D eigenvalue weighted by molar-refractivity contribution is 6.40. The molecule has 0 spiro atoms. The van der Waals surface area contributed by atoms with Crippen molar-refractivity contribution in [2.24, 2.45) is 9.98 Å². The number of aryl methyl sites for hydroxylation is 1. The first-order chi connectivity index (χ1) is 21.9. The van der Waals surface area contributed by atoms with E-state index in [9.17, 15) is 60.6 Å². The summed E-state index contributed by atoms with van der Waals surface area (Å²) in [7, 11) is 0. The second-order valence-corrected chi connectivity index (χ2v) is 10.1. The third kappa shape index (κ3) is 5.71. The number of benzene rings is 3. The lowest BCUT2D eigenvalue weighted by molar-refractivity contribution is -0.143. The van der Waals surface area contributed by atoms with Crippen LogP contribution in [0.2, 0.25) is 0 Å². The molecular formula is C32H11F9N6. The number of hydrogen-bond acceptors (Lipinski definition) is 6. The summed E-state index contributed by atoms with van der Waals surface area (Å²) < 4.78 is 123. The maximum Gasteiger partial charge on any atom is 0.416 e. The zero-order valence-corrected chi connectivity index (χ0v) is 23.2. The van der Waals surface area contributed by atoms with E-state index >= 15 is 0 Å². The largest absolute Gasteiger partial charge is 0.416 e. The molecule has 3 aromatic carbocycles. The predicted octanol–water partition coefficient (Wildman–Crippen LogP) is 8.92. The van der Waals surface area contributed by atoms with E-state index in [2.05, 4.69) is 9.98 Å². The summed E-state index contributed by atoms with van der Waals surface area (Å²) in [6, 6.07) is 12.4. The van der Waals surface area contributed by atoms with E-state index in [4.69, 9.17) is 0 Å². The summed E-state index contributed by atoms with van der Waals surface area (Å²) in [6.07, 6.45) is -15.2. The monoisotopic (exact) mass is 650 g/mol. The molecule has 3 aromatic rings. The third-order valence-electron chi connectivity index (χ3n) is 7.08. The maximum atomic E-state index is 13.7. The predicted molar refractivity (Wildman–Crippen MR) is 148 cm³/mol. The second kappa shape index (κ2) is 11.0. The van der Waals surface area contributed by atoms with Crippen molar-refractivity contribution in [3.63, 3.8) is 0 Å². The van der Waals surface area contributed by atoms with E-state index in [1.54, 1.807) is 24.3 Å². The Morgan fingerprint density at radius 1 is 0.511 bits per heavy atom. The molecule has 15 heteroatoms. The molecule has 0 saturated heterocycles. The molecule has 2 heterocycles. The van der Waals surface area contributed by atoms with Crippen LogP contribution in [-0.2, 0) is 18.5 Å². The minimum Gasteiger partial charge on any atom is -0.247 e. The van der Waals surface area contributed by atoms with Crippen molar-refractivity contribution in [2.45, 2.75) is 25.5 Å². The van der Waals surface area contributed by atoms with Crippen molar-refractivity contribution in [3.05, 3.63) is 104 Å². The topological polar surface area (TPSA) is 120 Å². The standard InChI is InChI=1S/C32H11F9N6/c1-14-2-15(4-19(3-14)30(33,34)35)28-26(17(10-42)11-43)22-8-25-23(9-24(22)46-28)27(18(12-44)13-45)29(47-25)16-5-20(31(36,37)38)7-21(6-16)32(39,40)41/h2-9H,1H3. The molecule has 0 saturated carbocycles. The summed E-state index contributed by atoms with van der Waals surface area (Å²) >= 11 is 0. The fourth-order valence-corrected chi connectivity index (χ4v) is 5.14. The van der Waals surface area contributed by atoms with Gasteiger partial charge in [0.1, 0.15) is 35.4 Å². The van der Waals surface area contributed by atoms with Crippen LogP contribution in [0.15, 0.2) is 69.7 Å². The van der Waals surface area contributed by atoms with Gasteiger partial charge in [-0.05, 0) is 61.0 Å². The smallest absolute Gasteiger partial charge is 0.247 e. The molecule has 0 radical (unpaired) electrons. The van der Waals surface area contributed by atoms with Crippen LogP contribution in [-0.4, -0.2) is 11.4 Å². The van der Waals surface area contributed by atoms with Gasteiger partial charge in [-0.1, -0.05) is 0 Å². The molecule has 0 unspecified atom stereocenters. The Bertz CT molecular complexity index is 2140. The van der Waals surface area contributed by atoms with Gasteiger partial charge in [-0.25, -0.2) is 9.98 Å². The number of nitriles is 4. The fraction of sp³-hybridized carbons (Fsp3) is 0.125. The molecule has 47 heavy (non-hydrogen) atoms. The van der Waals surface area contributed by atoms with Crippen LogP contribution in [0.25, 0.3) is 11.1 Å². The number of hydrogen-bond donors (Lipinski definition) is 0. The Labute approximate surface area is 258 Å². The Balaban J connectivity index is 1.80. The van der Waals surface area contributed by atoms with Crippen LogP contribution in [0, 0.1) is 52.2 Å². The van der Waals surface area contributed by atoms with Crippen LogP contribution in [0.1, 0.15) is 44.5 Å². The summed E-state index contributed by atoms with van der Waals surface area (Å²) in [5.41, 5.74) is -8.23. The molecule has 0 N–H and O–H groups in total. The number of rotatable bonds is 2. The van der Waals surface area contributed by atoms with Crippen LogP contribution in [0.3, 0.4) is 0 Å². The summed E-state index contributed by atoms with van der Waals surface area (Å²) in [6.45, 7) is 1.38. The van der Waals surface area contributed by atoms with Crippen molar-refractivity contribution in [3.8, 4) is 24.3 Å². The summed E-state index contributed by atoms with van der Waals surface area (Å²) in [5, 5.41) is 38.8. The molecule has 6 nitrogen and oxygen atoms in total. The van der Waals surface area contributed by atoms with Gasteiger partial charge in [0.25, 0.3) is 0 Å². The van der Waals surface area contributed by atoms with Gasteiger partial charge in [0.15, 0.2) is 0 Å². The Kier molecular flexibility index (Phi) is 7.54. The SMILES string of the molecule is Cc1cc(C2=Nc3cc4c(cc3C2=C(C#N)C#N)N=C(c2cc(C(F)(F)F)cc(C(F)(F)F)c2)C4=C(C#N)C#N)cc(C(F)(F)F)c1. The summed E-state index contributed by atoms with van der Waals surface area (Å²) in [5.74, 6) is 0. The highest BCUT2D eigenvalue weighted by atomic mass is 19.4. The molecule has 2 aliphatic rings. The van der Waals surface area contributed by atoms with Gasteiger partial charge >= 0.3 is 18.5 Å². The first-order valence-corrected chi connectivity index (χ1v) is 12.9. The van der Waals surface area contributed by atoms with Gasteiger partial charge in [-0.3, -0.25) is 0 Å². The normalized spacial score (nSPS) is 13.8. The van der Waals surface area contributed by atoms with Gasteiger partial charge in [0, 0.05) is 33.4 Å². The van der Waals surface area contributed by atoms with Crippen LogP contribution in [0.4, 0.5) is 50.9 Å². The number of nitrogens with zero attached hydrogens (tertiary/aromatic N) is 6. The molecule has 0 fully saturated rings. The molecule has 232 valence electrons. The number of alkyl halides is 9. The molecule has 0 amide bonds. The lowest BCUT2D eigenvalue weighted by Gasteiger charge is -2.15. The number of halogens is 9. The zero-order chi connectivity index (χ0) is 34.6. The van der Waals surface area contributed by atoms with E-state index in [0.29, 0.717) is 12.1 Å². The van der Waals surface area contributed by atoms with Gasteiger partial charge in [0.05, 0.1) is 39.5 Å². The van der Waals surface area contributed by atoms with Crippen molar-refractivity contribution in [1.29, 1.82) is 21.0 Å². The first-order valence-electron chi connectivity index (χ1n) is 12.9.